The highest BCUT2D eigenvalue weighted by Gasteiger charge is 2.20. The van der Waals surface area contributed by atoms with E-state index in [0.29, 0.717) is 51.5 Å². The van der Waals surface area contributed by atoms with E-state index in [1.807, 2.05) is 19.9 Å². The van der Waals surface area contributed by atoms with Crippen LogP contribution < -0.4 is 4.74 Å². The number of hydrogen-bond donors (Lipinski definition) is 0. The van der Waals surface area contributed by atoms with E-state index in [0.717, 1.165) is 24.8 Å². The molecule has 0 fully saturated rings. The summed E-state index contributed by atoms with van der Waals surface area (Å²) in [5.74, 6) is -0.526. The molecule has 6 nitrogen and oxygen atoms in total. The smallest absolute Gasteiger partial charge is 0.316 e. The van der Waals surface area contributed by atoms with Crippen LogP contribution in [0.4, 0.5) is 8.78 Å². The van der Waals surface area contributed by atoms with Gasteiger partial charge < -0.3 is 4.74 Å². The highest BCUT2D eigenvalue weighted by atomic mass is 35.5. The number of aromatic nitrogens is 4. The first kappa shape index (κ1) is 31.8. The number of nitrogens with zero attached hydrogens (tertiary/aromatic N) is 5. The average Bonchev–Trinajstić information content (AvgIpc) is 2.98. The number of pyridine rings is 2. The number of rotatable bonds is 10. The van der Waals surface area contributed by atoms with Gasteiger partial charge in [0.15, 0.2) is 5.82 Å². The fourth-order valence-corrected chi connectivity index (χ4v) is 4.59. The van der Waals surface area contributed by atoms with E-state index >= 15 is 0 Å². The highest BCUT2D eigenvalue weighted by molar-refractivity contribution is 6.32. The Labute approximate surface area is 245 Å². The molecule has 0 radical (unpaired) electrons. The van der Waals surface area contributed by atoms with Gasteiger partial charge in [-0.1, -0.05) is 58.6 Å². The topological polar surface area (TPSA) is 84.6 Å². The van der Waals surface area contributed by atoms with Crippen molar-refractivity contribution in [3.8, 4) is 23.3 Å². The van der Waals surface area contributed by atoms with E-state index in [1.165, 1.54) is 43.4 Å². The second kappa shape index (κ2) is 15.3. The minimum Gasteiger partial charge on any atom is -0.463 e. The molecule has 3 aromatic heterocycles. The van der Waals surface area contributed by atoms with Crippen LogP contribution in [-0.2, 0) is 6.42 Å². The summed E-state index contributed by atoms with van der Waals surface area (Å²) in [6, 6.07) is 8.05. The maximum absolute atomic E-state index is 14.9. The number of nitriles is 1. The van der Waals surface area contributed by atoms with Crippen molar-refractivity contribution in [1.82, 2.24) is 19.9 Å². The van der Waals surface area contributed by atoms with E-state index < -0.39 is 5.82 Å². The summed E-state index contributed by atoms with van der Waals surface area (Å²) in [4.78, 5) is 17.5. The van der Waals surface area contributed by atoms with Crippen LogP contribution in [0.5, 0.6) is 6.01 Å². The largest absolute Gasteiger partial charge is 0.463 e. The van der Waals surface area contributed by atoms with E-state index in [9.17, 15) is 8.78 Å². The van der Waals surface area contributed by atoms with Gasteiger partial charge in [0.05, 0.1) is 40.0 Å². The molecule has 216 valence electrons. The van der Waals surface area contributed by atoms with Crippen molar-refractivity contribution in [3.05, 3.63) is 75.7 Å². The molecule has 0 aliphatic rings. The lowest BCUT2D eigenvalue weighted by molar-refractivity contribution is 0.282. The van der Waals surface area contributed by atoms with Gasteiger partial charge >= 0.3 is 6.01 Å². The first-order valence-electron chi connectivity index (χ1n) is 14.0. The molecule has 0 saturated heterocycles. The Kier molecular flexibility index (Phi) is 11.9. The van der Waals surface area contributed by atoms with Crippen LogP contribution in [0, 0.1) is 29.9 Å². The maximum Gasteiger partial charge on any atom is 0.316 e. The average molecular weight is 580 g/mol. The Hall–Kier alpha value is -3.70. The van der Waals surface area contributed by atoms with Gasteiger partial charge in [-0.2, -0.15) is 5.26 Å². The maximum atomic E-state index is 14.9. The van der Waals surface area contributed by atoms with Gasteiger partial charge in [-0.25, -0.2) is 28.7 Å². The molecule has 0 amide bonds. The van der Waals surface area contributed by atoms with Crippen molar-refractivity contribution >= 4 is 22.6 Å². The summed E-state index contributed by atoms with van der Waals surface area (Å²) in [7, 11) is 0. The van der Waals surface area contributed by atoms with E-state index in [1.54, 1.807) is 6.07 Å². The van der Waals surface area contributed by atoms with Crippen LogP contribution in [0.3, 0.4) is 0 Å². The summed E-state index contributed by atoms with van der Waals surface area (Å²) >= 11 is 6.55. The molecule has 1 unspecified atom stereocenters. The van der Waals surface area contributed by atoms with Gasteiger partial charge in [0.2, 0.25) is 0 Å². The van der Waals surface area contributed by atoms with Crippen LogP contribution >= 0.6 is 11.6 Å². The van der Waals surface area contributed by atoms with Crippen LogP contribution in [0.2, 0.25) is 5.02 Å². The fourth-order valence-electron chi connectivity index (χ4n) is 4.27. The molecule has 4 rings (SSSR count). The minimum absolute atomic E-state index is 0.173. The summed E-state index contributed by atoms with van der Waals surface area (Å²) < 4.78 is 33.2. The molecule has 1 atom stereocenters. The second-order valence-electron chi connectivity index (χ2n) is 9.86. The van der Waals surface area contributed by atoms with Crippen molar-refractivity contribution in [2.24, 2.45) is 0 Å². The zero-order chi connectivity index (χ0) is 29.9. The third kappa shape index (κ3) is 8.17. The molecule has 3 heterocycles. The van der Waals surface area contributed by atoms with Crippen molar-refractivity contribution in [2.45, 2.75) is 79.1 Å². The SMILES string of the molecule is CCCCCCOc1ncc(-c2nc3c(C(C)CC)c(Cl)c(C)nc3cc2F)cn1.CCc1cc(C#N)ccc1F. The fraction of sp³-hybridized carbons (Fsp3) is 0.406. The second-order valence-corrected chi connectivity index (χ2v) is 10.2. The zero-order valence-corrected chi connectivity index (χ0v) is 25.0. The summed E-state index contributed by atoms with van der Waals surface area (Å²) in [5, 5.41) is 9.06. The quantitative estimate of drug-likeness (QED) is 0.174. The number of hydrogen-bond acceptors (Lipinski definition) is 6. The van der Waals surface area contributed by atoms with Gasteiger partial charge in [-0.3, -0.25) is 0 Å². The van der Waals surface area contributed by atoms with E-state index in [4.69, 9.17) is 21.6 Å². The zero-order valence-electron chi connectivity index (χ0n) is 24.3. The first-order valence-corrected chi connectivity index (χ1v) is 14.4. The molecule has 0 saturated carbocycles. The van der Waals surface area contributed by atoms with Gasteiger partial charge in [-0.05, 0) is 55.9 Å². The van der Waals surface area contributed by atoms with Crippen molar-refractivity contribution in [1.29, 1.82) is 5.26 Å². The highest BCUT2D eigenvalue weighted by Crippen LogP contribution is 2.35. The molecule has 41 heavy (non-hydrogen) atoms. The predicted molar refractivity (Wildman–Crippen MR) is 159 cm³/mol. The summed E-state index contributed by atoms with van der Waals surface area (Å²) in [6.45, 7) is 10.6. The predicted octanol–water partition coefficient (Wildman–Crippen LogP) is 8.92. The summed E-state index contributed by atoms with van der Waals surface area (Å²) in [6.07, 6.45) is 9.04. The molecular formula is C32H36ClF2N5O. The van der Waals surface area contributed by atoms with E-state index in [2.05, 4.69) is 40.7 Å². The lowest BCUT2D eigenvalue weighted by atomic mass is 9.96. The molecule has 0 N–H and O–H groups in total. The van der Waals surface area contributed by atoms with Crippen molar-refractivity contribution in [2.75, 3.05) is 6.61 Å². The lowest BCUT2D eigenvalue weighted by Gasteiger charge is -2.16. The van der Waals surface area contributed by atoms with Crippen LogP contribution in [0.15, 0.2) is 36.7 Å². The van der Waals surface area contributed by atoms with Crippen LogP contribution in [0.1, 0.15) is 88.1 Å². The summed E-state index contributed by atoms with van der Waals surface area (Å²) in [5.41, 5.74) is 4.48. The number of fused-ring (bicyclic) bond motifs is 1. The molecule has 4 aromatic rings. The Bertz CT molecular complexity index is 1510. The van der Waals surface area contributed by atoms with Crippen molar-refractivity contribution < 1.29 is 13.5 Å². The molecule has 0 spiro atoms. The number of aryl methyl sites for hydroxylation is 2. The Balaban J connectivity index is 0.000000352. The van der Waals surface area contributed by atoms with Gasteiger partial charge in [0, 0.05) is 29.6 Å². The van der Waals surface area contributed by atoms with Crippen LogP contribution in [0.25, 0.3) is 22.3 Å². The molecule has 9 heteroatoms. The monoisotopic (exact) mass is 579 g/mol. The third-order valence-corrected chi connectivity index (χ3v) is 7.32. The lowest BCUT2D eigenvalue weighted by Crippen LogP contribution is -2.04. The number of unbranched alkanes of at least 4 members (excludes halogenated alkanes) is 3. The minimum atomic E-state index is -0.469. The normalized spacial score (nSPS) is 11.5. The third-order valence-electron chi connectivity index (χ3n) is 6.84. The Morgan fingerprint density at radius 3 is 2.37 bits per heavy atom. The first-order chi connectivity index (χ1) is 19.7. The molecule has 0 aliphatic heterocycles. The van der Waals surface area contributed by atoms with Crippen molar-refractivity contribution in [3.63, 3.8) is 0 Å². The van der Waals surface area contributed by atoms with Gasteiger partial charge in [0.1, 0.15) is 11.5 Å². The number of ether oxygens (including phenoxy) is 1. The van der Waals surface area contributed by atoms with Gasteiger partial charge in [0.25, 0.3) is 0 Å². The van der Waals surface area contributed by atoms with Gasteiger partial charge in [-0.15, -0.1) is 0 Å². The molecular weight excluding hydrogens is 544 g/mol. The Morgan fingerprint density at radius 2 is 1.73 bits per heavy atom. The van der Waals surface area contributed by atoms with Crippen LogP contribution in [-0.4, -0.2) is 26.5 Å². The standard InChI is InChI=1S/C23H28ClFN4O.C9H8FN/c1-5-7-8-9-10-30-23-26-12-16(13-27-23)21-17(25)11-18-22(29-21)19(14(3)6-2)20(24)15(4)28-18;1-2-8-5-7(6-11)3-4-9(8)10/h11-14H,5-10H2,1-4H3;3-5H,2H2,1H3. The Morgan fingerprint density at radius 1 is 1.00 bits per heavy atom. The molecule has 0 aliphatic carbocycles. The van der Waals surface area contributed by atoms with E-state index in [-0.39, 0.29) is 23.4 Å². The molecule has 1 aromatic carbocycles. The molecule has 0 bridgehead atoms. The number of benzene rings is 1. The number of halogens is 3.